The van der Waals surface area contributed by atoms with Gasteiger partial charge in [-0.15, -0.1) is 12.4 Å². The number of piperazine rings is 1. The third-order valence-corrected chi connectivity index (χ3v) is 4.95. The number of hydrogen-bond donors (Lipinski definition) is 1. The predicted molar refractivity (Wildman–Crippen MR) is 92.2 cm³/mol. The summed E-state index contributed by atoms with van der Waals surface area (Å²) in [5.74, 6) is 0.132. The Morgan fingerprint density at radius 2 is 2.00 bits per heavy atom. The van der Waals surface area contributed by atoms with Gasteiger partial charge < -0.3 is 10.2 Å². The standard InChI is InChI=1S/C16H22ClN3O.ClH/c1-12-10-13(2-3-15(12)17)16(21)20-7-4-14(11-20)19-8-5-18-6-9-19;/h2-3,10,14,18H,4-9,11H2,1H3;1H. The maximum atomic E-state index is 12.6. The van der Waals surface area contributed by atoms with E-state index in [1.807, 2.05) is 30.0 Å². The predicted octanol–water partition coefficient (Wildman–Crippen LogP) is 2.19. The van der Waals surface area contributed by atoms with Gasteiger partial charge in [0.2, 0.25) is 0 Å². The van der Waals surface area contributed by atoms with Gasteiger partial charge in [0.25, 0.3) is 5.91 Å². The van der Waals surface area contributed by atoms with E-state index in [4.69, 9.17) is 11.6 Å². The number of likely N-dealkylation sites (tertiary alicyclic amines) is 1. The summed E-state index contributed by atoms with van der Waals surface area (Å²) < 4.78 is 0. The summed E-state index contributed by atoms with van der Waals surface area (Å²) in [7, 11) is 0. The van der Waals surface area contributed by atoms with Crippen LogP contribution in [-0.2, 0) is 0 Å². The Kier molecular flexibility index (Phi) is 6.09. The summed E-state index contributed by atoms with van der Waals surface area (Å²) in [6.45, 7) is 7.93. The van der Waals surface area contributed by atoms with Gasteiger partial charge in [0.1, 0.15) is 0 Å². The zero-order valence-corrected chi connectivity index (χ0v) is 14.4. The molecule has 2 fully saturated rings. The fraction of sp³-hybridized carbons (Fsp3) is 0.562. The van der Waals surface area contributed by atoms with Crippen molar-refractivity contribution >= 4 is 29.9 Å². The van der Waals surface area contributed by atoms with Crippen molar-refractivity contribution in [3.05, 3.63) is 34.3 Å². The summed E-state index contributed by atoms with van der Waals surface area (Å²) in [5, 5.41) is 4.09. The summed E-state index contributed by atoms with van der Waals surface area (Å²) in [6.07, 6.45) is 1.08. The van der Waals surface area contributed by atoms with Gasteiger partial charge >= 0.3 is 0 Å². The highest BCUT2D eigenvalue weighted by Crippen LogP contribution is 2.21. The molecule has 2 heterocycles. The van der Waals surface area contributed by atoms with Gasteiger partial charge in [0, 0.05) is 55.9 Å². The number of nitrogens with zero attached hydrogens (tertiary/aromatic N) is 2. The van der Waals surface area contributed by atoms with Crippen LogP contribution in [0.5, 0.6) is 0 Å². The molecular formula is C16H23Cl2N3O. The van der Waals surface area contributed by atoms with Crippen molar-refractivity contribution in [2.24, 2.45) is 0 Å². The molecule has 4 nitrogen and oxygen atoms in total. The molecule has 0 aliphatic carbocycles. The van der Waals surface area contributed by atoms with Gasteiger partial charge in [-0.3, -0.25) is 9.69 Å². The first-order valence-corrected chi connectivity index (χ1v) is 8.03. The third kappa shape index (κ3) is 3.74. The van der Waals surface area contributed by atoms with Crippen LogP contribution in [0.1, 0.15) is 22.3 Å². The van der Waals surface area contributed by atoms with Crippen LogP contribution < -0.4 is 5.32 Å². The van der Waals surface area contributed by atoms with Crippen LogP contribution in [0.25, 0.3) is 0 Å². The van der Waals surface area contributed by atoms with E-state index in [1.54, 1.807) is 0 Å². The monoisotopic (exact) mass is 343 g/mol. The average molecular weight is 344 g/mol. The first-order chi connectivity index (χ1) is 10.1. The summed E-state index contributed by atoms with van der Waals surface area (Å²) in [4.78, 5) is 17.1. The van der Waals surface area contributed by atoms with E-state index in [-0.39, 0.29) is 18.3 Å². The number of benzene rings is 1. The van der Waals surface area contributed by atoms with E-state index in [0.717, 1.165) is 56.8 Å². The lowest BCUT2D eigenvalue weighted by molar-refractivity contribution is 0.0773. The van der Waals surface area contributed by atoms with Crippen LogP contribution in [0.4, 0.5) is 0 Å². The molecule has 3 rings (SSSR count). The van der Waals surface area contributed by atoms with Crippen LogP contribution in [0, 0.1) is 6.92 Å². The molecule has 1 aromatic rings. The minimum absolute atomic E-state index is 0. The number of amides is 1. The number of carbonyl (C=O) groups excluding carboxylic acids is 1. The maximum Gasteiger partial charge on any atom is 0.253 e. The molecule has 2 aliphatic rings. The second kappa shape index (κ2) is 7.64. The zero-order chi connectivity index (χ0) is 14.8. The van der Waals surface area contributed by atoms with Crippen LogP contribution in [-0.4, -0.2) is 61.0 Å². The van der Waals surface area contributed by atoms with Gasteiger partial charge in [-0.05, 0) is 37.1 Å². The Bertz CT molecular complexity index is 532. The summed E-state index contributed by atoms with van der Waals surface area (Å²) in [6, 6.07) is 6.05. The molecule has 1 unspecified atom stereocenters. The van der Waals surface area contributed by atoms with Gasteiger partial charge in [0.15, 0.2) is 0 Å². The number of hydrogen-bond acceptors (Lipinski definition) is 3. The van der Waals surface area contributed by atoms with E-state index in [2.05, 4.69) is 10.2 Å². The fourth-order valence-electron chi connectivity index (χ4n) is 3.23. The summed E-state index contributed by atoms with van der Waals surface area (Å²) >= 11 is 6.03. The van der Waals surface area contributed by atoms with Crippen molar-refractivity contribution in [2.45, 2.75) is 19.4 Å². The molecular weight excluding hydrogens is 321 g/mol. The van der Waals surface area contributed by atoms with Crippen LogP contribution in [0.15, 0.2) is 18.2 Å². The lowest BCUT2D eigenvalue weighted by Crippen LogP contribution is -2.49. The first-order valence-electron chi connectivity index (χ1n) is 7.65. The lowest BCUT2D eigenvalue weighted by atomic mass is 10.1. The number of nitrogens with one attached hydrogen (secondary N) is 1. The molecule has 6 heteroatoms. The Hall–Kier alpha value is -0.810. The quantitative estimate of drug-likeness (QED) is 0.893. The highest BCUT2D eigenvalue weighted by atomic mass is 35.5. The van der Waals surface area contributed by atoms with E-state index < -0.39 is 0 Å². The van der Waals surface area contributed by atoms with Crippen molar-refractivity contribution in [1.29, 1.82) is 0 Å². The Morgan fingerprint density at radius 3 is 2.68 bits per heavy atom. The van der Waals surface area contributed by atoms with Crippen LogP contribution in [0.3, 0.4) is 0 Å². The molecule has 0 saturated carbocycles. The lowest BCUT2D eigenvalue weighted by Gasteiger charge is -2.32. The molecule has 2 aliphatic heterocycles. The van der Waals surface area contributed by atoms with Crippen molar-refractivity contribution in [2.75, 3.05) is 39.3 Å². The minimum Gasteiger partial charge on any atom is -0.337 e. The molecule has 1 atom stereocenters. The number of aryl methyl sites for hydroxylation is 1. The molecule has 1 aromatic carbocycles. The summed E-state index contributed by atoms with van der Waals surface area (Å²) in [5.41, 5.74) is 1.71. The van der Waals surface area contributed by atoms with Crippen LogP contribution in [0.2, 0.25) is 5.02 Å². The molecule has 1 N–H and O–H groups in total. The normalized spacial score (nSPS) is 22.5. The molecule has 0 aromatic heterocycles. The second-order valence-electron chi connectivity index (χ2n) is 5.94. The van der Waals surface area contributed by atoms with Gasteiger partial charge in [-0.2, -0.15) is 0 Å². The molecule has 0 spiro atoms. The van der Waals surface area contributed by atoms with Crippen molar-refractivity contribution in [3.8, 4) is 0 Å². The van der Waals surface area contributed by atoms with E-state index in [9.17, 15) is 4.79 Å². The van der Waals surface area contributed by atoms with Crippen molar-refractivity contribution in [3.63, 3.8) is 0 Å². The highest BCUT2D eigenvalue weighted by Gasteiger charge is 2.31. The fourth-order valence-corrected chi connectivity index (χ4v) is 3.35. The van der Waals surface area contributed by atoms with E-state index in [0.29, 0.717) is 11.1 Å². The third-order valence-electron chi connectivity index (χ3n) is 4.52. The smallest absolute Gasteiger partial charge is 0.253 e. The number of halogens is 2. The molecule has 2 saturated heterocycles. The molecule has 1 amide bonds. The van der Waals surface area contributed by atoms with Crippen LogP contribution >= 0.6 is 24.0 Å². The van der Waals surface area contributed by atoms with Crippen molar-refractivity contribution < 1.29 is 4.79 Å². The highest BCUT2D eigenvalue weighted by molar-refractivity contribution is 6.31. The minimum atomic E-state index is 0. The Balaban J connectivity index is 0.00000176. The number of carbonyl (C=O) groups is 1. The van der Waals surface area contributed by atoms with E-state index in [1.165, 1.54) is 0 Å². The van der Waals surface area contributed by atoms with Gasteiger partial charge in [-0.1, -0.05) is 11.6 Å². The molecule has 0 bridgehead atoms. The Morgan fingerprint density at radius 1 is 1.27 bits per heavy atom. The molecule has 122 valence electrons. The average Bonchev–Trinajstić information content (AvgIpc) is 3.00. The largest absolute Gasteiger partial charge is 0.337 e. The topological polar surface area (TPSA) is 35.6 Å². The second-order valence-corrected chi connectivity index (χ2v) is 6.35. The maximum absolute atomic E-state index is 12.6. The molecule has 0 radical (unpaired) electrons. The Labute approximate surface area is 143 Å². The zero-order valence-electron chi connectivity index (χ0n) is 12.8. The number of rotatable bonds is 2. The van der Waals surface area contributed by atoms with Crippen molar-refractivity contribution in [1.82, 2.24) is 15.1 Å². The first kappa shape index (κ1) is 17.5. The van der Waals surface area contributed by atoms with Gasteiger partial charge in [0.05, 0.1) is 0 Å². The molecule has 22 heavy (non-hydrogen) atoms. The van der Waals surface area contributed by atoms with Gasteiger partial charge in [-0.25, -0.2) is 0 Å². The van der Waals surface area contributed by atoms with E-state index >= 15 is 0 Å². The SMILES string of the molecule is Cc1cc(C(=O)N2CCC(N3CCNCC3)C2)ccc1Cl.Cl.